The van der Waals surface area contributed by atoms with Crippen molar-refractivity contribution in [3.05, 3.63) is 12.2 Å². The third kappa shape index (κ3) is 8.55. The maximum Gasteiger partial charge on any atom is 0.310 e. The minimum atomic E-state index is -0.896. The number of carbonyl (C=O) groups excluding carboxylic acids is 1. The van der Waals surface area contributed by atoms with E-state index in [1.165, 1.54) is 32.1 Å². The number of aliphatic carboxylic acids is 1. The monoisotopic (exact) mass is 352 g/mol. The van der Waals surface area contributed by atoms with Crippen molar-refractivity contribution < 1.29 is 19.4 Å². The predicted molar refractivity (Wildman–Crippen MR) is 100 cm³/mol. The quantitative estimate of drug-likeness (QED) is 0.270. The smallest absolute Gasteiger partial charge is 0.310 e. The zero-order valence-corrected chi connectivity index (χ0v) is 16.0. The van der Waals surface area contributed by atoms with Gasteiger partial charge in [0.1, 0.15) is 6.10 Å². The van der Waals surface area contributed by atoms with E-state index < -0.39 is 17.8 Å². The summed E-state index contributed by atoms with van der Waals surface area (Å²) in [6.45, 7) is 4.35. The van der Waals surface area contributed by atoms with E-state index in [0.717, 1.165) is 32.1 Å². The molecule has 25 heavy (non-hydrogen) atoms. The first-order chi connectivity index (χ1) is 12.1. The van der Waals surface area contributed by atoms with Crippen molar-refractivity contribution in [3.8, 4) is 0 Å². The first-order valence-corrected chi connectivity index (χ1v) is 10.2. The molecule has 0 saturated carbocycles. The predicted octanol–water partition coefficient (Wildman–Crippen LogP) is 5.51. The lowest BCUT2D eigenvalue weighted by Gasteiger charge is -2.26. The van der Waals surface area contributed by atoms with Crippen LogP contribution in [-0.4, -0.2) is 23.1 Å². The Hall–Kier alpha value is -1.32. The molecule has 0 aromatic heterocycles. The van der Waals surface area contributed by atoms with Gasteiger partial charge >= 0.3 is 11.9 Å². The number of hydrogen-bond acceptors (Lipinski definition) is 3. The first kappa shape index (κ1) is 21.7. The summed E-state index contributed by atoms with van der Waals surface area (Å²) in [5, 5.41) is 9.34. The van der Waals surface area contributed by atoms with Gasteiger partial charge in [0.2, 0.25) is 0 Å². The topological polar surface area (TPSA) is 63.6 Å². The van der Waals surface area contributed by atoms with Crippen LogP contribution in [0, 0.1) is 11.8 Å². The third-order valence-electron chi connectivity index (χ3n) is 5.09. The van der Waals surface area contributed by atoms with Crippen molar-refractivity contribution in [3.63, 3.8) is 0 Å². The summed E-state index contributed by atoms with van der Waals surface area (Å²) in [7, 11) is 0. The van der Waals surface area contributed by atoms with Gasteiger partial charge < -0.3 is 9.84 Å². The van der Waals surface area contributed by atoms with Crippen molar-refractivity contribution in [2.45, 2.75) is 97.0 Å². The number of allylic oxidation sites excluding steroid dienone is 2. The van der Waals surface area contributed by atoms with Crippen LogP contribution in [0.4, 0.5) is 0 Å². The number of carboxylic acids is 1. The molecule has 144 valence electrons. The van der Waals surface area contributed by atoms with E-state index in [0.29, 0.717) is 12.8 Å². The molecule has 0 saturated heterocycles. The van der Waals surface area contributed by atoms with Crippen LogP contribution in [0.1, 0.15) is 90.9 Å². The van der Waals surface area contributed by atoms with Gasteiger partial charge in [0.15, 0.2) is 0 Å². The van der Waals surface area contributed by atoms with Gasteiger partial charge in [-0.1, -0.05) is 70.9 Å². The minimum Gasteiger partial charge on any atom is -0.481 e. The first-order valence-electron chi connectivity index (χ1n) is 10.2. The van der Waals surface area contributed by atoms with Gasteiger partial charge in [-0.05, 0) is 32.1 Å². The molecule has 0 radical (unpaired) electrons. The maximum atomic E-state index is 12.5. The molecule has 1 aliphatic rings. The zero-order chi connectivity index (χ0) is 18.5. The average molecular weight is 353 g/mol. The van der Waals surface area contributed by atoms with Crippen LogP contribution >= 0.6 is 0 Å². The number of ether oxygens (including phenoxy) is 1. The second-order valence-electron chi connectivity index (χ2n) is 7.25. The summed E-state index contributed by atoms with van der Waals surface area (Å²) in [5.74, 6) is -2.38. The molecule has 0 spiro atoms. The molecule has 1 N–H and O–H groups in total. The Morgan fingerprint density at radius 1 is 0.920 bits per heavy atom. The molecule has 1 aliphatic carbocycles. The highest BCUT2D eigenvalue weighted by Crippen LogP contribution is 2.28. The lowest BCUT2D eigenvalue weighted by Crippen LogP contribution is -2.34. The van der Waals surface area contributed by atoms with Crippen LogP contribution in [0.3, 0.4) is 0 Å². The Kier molecular flexibility index (Phi) is 11.3. The van der Waals surface area contributed by atoms with Gasteiger partial charge in [-0.2, -0.15) is 0 Å². The molecular weight excluding hydrogens is 316 g/mol. The van der Waals surface area contributed by atoms with Gasteiger partial charge in [0.25, 0.3) is 0 Å². The second-order valence-corrected chi connectivity index (χ2v) is 7.25. The van der Waals surface area contributed by atoms with E-state index in [1.54, 1.807) is 0 Å². The number of hydrogen-bond donors (Lipinski definition) is 1. The Bertz CT molecular complexity index is 416. The van der Waals surface area contributed by atoms with Crippen LogP contribution in [0.15, 0.2) is 12.2 Å². The fraction of sp³-hybridized carbons (Fsp3) is 0.810. The van der Waals surface area contributed by atoms with Crippen LogP contribution in [0.5, 0.6) is 0 Å². The van der Waals surface area contributed by atoms with Gasteiger partial charge in [-0.15, -0.1) is 0 Å². The SMILES string of the molecule is CCCCCCCCC(CCCC)OC(=O)C1CC=CCC1C(=O)O. The van der Waals surface area contributed by atoms with Crippen LogP contribution < -0.4 is 0 Å². The molecule has 3 unspecified atom stereocenters. The van der Waals surface area contributed by atoms with Gasteiger partial charge in [0, 0.05) is 0 Å². The van der Waals surface area contributed by atoms with Crippen molar-refractivity contribution in [1.82, 2.24) is 0 Å². The molecule has 0 aromatic carbocycles. The number of esters is 1. The van der Waals surface area contributed by atoms with Gasteiger partial charge in [0.05, 0.1) is 11.8 Å². The summed E-state index contributed by atoms with van der Waals surface area (Å²) in [6.07, 6.45) is 15.8. The number of unbranched alkanes of at least 4 members (excludes halogenated alkanes) is 6. The highest BCUT2D eigenvalue weighted by molar-refractivity contribution is 5.81. The average Bonchev–Trinajstić information content (AvgIpc) is 2.62. The zero-order valence-electron chi connectivity index (χ0n) is 16.0. The molecule has 0 aromatic rings. The molecule has 0 aliphatic heterocycles. The lowest BCUT2D eigenvalue weighted by atomic mass is 9.83. The summed E-state index contributed by atoms with van der Waals surface area (Å²) < 4.78 is 5.76. The van der Waals surface area contributed by atoms with Gasteiger partial charge in [-0.25, -0.2) is 0 Å². The standard InChI is InChI=1S/C21H36O4/c1-3-5-7-8-9-10-14-17(13-6-4-2)25-21(24)19-16-12-11-15-18(19)20(22)23/h11-12,17-19H,3-10,13-16H2,1-2H3,(H,22,23). The Morgan fingerprint density at radius 3 is 2.12 bits per heavy atom. The van der Waals surface area contributed by atoms with Crippen LogP contribution in [-0.2, 0) is 14.3 Å². The third-order valence-corrected chi connectivity index (χ3v) is 5.09. The molecule has 4 nitrogen and oxygen atoms in total. The van der Waals surface area contributed by atoms with E-state index in [9.17, 15) is 14.7 Å². The molecule has 0 amide bonds. The lowest BCUT2D eigenvalue weighted by molar-refractivity contribution is -0.162. The Morgan fingerprint density at radius 2 is 1.48 bits per heavy atom. The van der Waals surface area contributed by atoms with Crippen molar-refractivity contribution in [1.29, 1.82) is 0 Å². The molecule has 4 heteroatoms. The largest absolute Gasteiger partial charge is 0.481 e. The van der Waals surface area contributed by atoms with E-state index in [2.05, 4.69) is 13.8 Å². The summed E-state index contributed by atoms with van der Waals surface area (Å²) >= 11 is 0. The highest BCUT2D eigenvalue weighted by Gasteiger charge is 2.36. The van der Waals surface area contributed by atoms with E-state index >= 15 is 0 Å². The van der Waals surface area contributed by atoms with E-state index in [-0.39, 0.29) is 12.1 Å². The van der Waals surface area contributed by atoms with Crippen molar-refractivity contribution in [2.24, 2.45) is 11.8 Å². The van der Waals surface area contributed by atoms with Crippen molar-refractivity contribution in [2.75, 3.05) is 0 Å². The maximum absolute atomic E-state index is 12.5. The van der Waals surface area contributed by atoms with Crippen LogP contribution in [0.2, 0.25) is 0 Å². The Balaban J connectivity index is 2.47. The van der Waals surface area contributed by atoms with Crippen molar-refractivity contribution >= 4 is 11.9 Å². The fourth-order valence-electron chi connectivity index (χ4n) is 3.45. The molecule has 1 rings (SSSR count). The minimum absolute atomic E-state index is 0.0565. The molecule has 0 bridgehead atoms. The molecule has 0 fully saturated rings. The molecule has 0 heterocycles. The van der Waals surface area contributed by atoms with E-state index in [4.69, 9.17) is 4.74 Å². The second kappa shape index (κ2) is 13.0. The van der Waals surface area contributed by atoms with Gasteiger partial charge in [-0.3, -0.25) is 9.59 Å². The van der Waals surface area contributed by atoms with E-state index in [1.807, 2.05) is 12.2 Å². The number of carbonyl (C=O) groups is 2. The number of carboxylic acid groups (broad SMARTS) is 1. The van der Waals surface area contributed by atoms with Crippen LogP contribution in [0.25, 0.3) is 0 Å². The fourth-order valence-corrected chi connectivity index (χ4v) is 3.45. The molecule has 3 atom stereocenters. The summed E-state index contributed by atoms with van der Waals surface area (Å²) in [4.78, 5) is 23.9. The molecular formula is C21H36O4. The summed E-state index contributed by atoms with van der Waals surface area (Å²) in [6, 6.07) is 0. The normalized spacial score (nSPS) is 21.0. The summed E-state index contributed by atoms with van der Waals surface area (Å²) in [5.41, 5.74) is 0. The number of rotatable bonds is 13. The Labute approximate surface area is 153 Å². The highest BCUT2D eigenvalue weighted by atomic mass is 16.5.